The minimum Gasteiger partial charge on any atom is -0.333 e. The zero-order valence-corrected chi connectivity index (χ0v) is 30.8. The zero-order valence-electron chi connectivity index (χ0n) is 30.8. The van der Waals surface area contributed by atoms with Crippen LogP contribution >= 0.6 is 0 Å². The highest BCUT2D eigenvalue weighted by atomic mass is 15.2. The summed E-state index contributed by atoms with van der Waals surface area (Å²) in [4.78, 5) is 2.55. The van der Waals surface area contributed by atoms with Crippen LogP contribution in [0, 0.1) is 0 Å². The quantitative estimate of drug-likeness (QED) is 0.166. The van der Waals surface area contributed by atoms with Crippen molar-refractivity contribution in [3.63, 3.8) is 0 Å². The van der Waals surface area contributed by atoms with Crippen molar-refractivity contribution in [3.8, 4) is 27.9 Å². The second kappa shape index (κ2) is 13.3. The molecular weight excluding hydrogens is 677 g/mol. The molecule has 0 aliphatic carbocycles. The molecule has 11 rings (SSSR count). The minimum atomic E-state index is 0.102. The highest BCUT2D eigenvalue weighted by Crippen LogP contribution is 2.55. The van der Waals surface area contributed by atoms with Crippen molar-refractivity contribution in [2.45, 2.75) is 12.0 Å². The first-order valence-electron chi connectivity index (χ1n) is 19.5. The topological polar surface area (TPSA) is 8.17 Å². The van der Waals surface area contributed by atoms with Crippen LogP contribution in [-0.2, 0) is 0 Å². The smallest absolute Gasteiger partial charge is 0.0701 e. The number of para-hydroxylation sites is 2. The summed E-state index contributed by atoms with van der Waals surface area (Å²) in [5.74, 6) is 0.171. The molecule has 56 heavy (non-hydrogen) atoms. The Hall–Kier alpha value is -7.16. The Morgan fingerprint density at radius 2 is 0.893 bits per heavy atom. The van der Waals surface area contributed by atoms with E-state index in [4.69, 9.17) is 0 Å². The Kier molecular flexibility index (Phi) is 7.67. The van der Waals surface area contributed by atoms with Gasteiger partial charge in [0.25, 0.3) is 0 Å². The van der Waals surface area contributed by atoms with E-state index < -0.39 is 0 Å². The molecule has 9 aromatic carbocycles. The van der Waals surface area contributed by atoms with Crippen LogP contribution < -0.4 is 4.90 Å². The van der Waals surface area contributed by atoms with Crippen molar-refractivity contribution in [1.82, 2.24) is 4.57 Å². The SMILES string of the molecule is c1ccc(-c2ccc(C3c4ccccc4N(c4ccc(-c5ccc(-n6c7ccccc7c7c8ccccc8ccc76)cc5)cc4)C3c3ccccc3)cc2)cc1. The van der Waals surface area contributed by atoms with Gasteiger partial charge in [0.05, 0.1) is 17.1 Å². The third kappa shape index (κ3) is 5.26. The van der Waals surface area contributed by atoms with E-state index in [1.807, 2.05) is 0 Å². The van der Waals surface area contributed by atoms with Crippen molar-refractivity contribution in [2.24, 2.45) is 0 Å². The van der Waals surface area contributed by atoms with Crippen molar-refractivity contribution in [3.05, 3.63) is 235 Å². The van der Waals surface area contributed by atoms with Crippen LogP contribution in [0.2, 0.25) is 0 Å². The van der Waals surface area contributed by atoms with Gasteiger partial charge in [0, 0.05) is 33.8 Å². The molecule has 0 amide bonds. The van der Waals surface area contributed by atoms with Crippen LogP contribution in [-0.4, -0.2) is 4.57 Å². The number of hydrogen-bond donors (Lipinski definition) is 0. The van der Waals surface area contributed by atoms with E-state index in [-0.39, 0.29) is 12.0 Å². The fourth-order valence-electron chi connectivity index (χ4n) is 9.24. The van der Waals surface area contributed by atoms with Gasteiger partial charge in [-0.15, -0.1) is 0 Å². The van der Waals surface area contributed by atoms with E-state index in [9.17, 15) is 0 Å². The molecule has 0 N–H and O–H groups in total. The Labute approximate surface area is 327 Å². The summed E-state index contributed by atoms with van der Waals surface area (Å²) in [6.45, 7) is 0. The Morgan fingerprint density at radius 1 is 0.339 bits per heavy atom. The molecule has 0 saturated heterocycles. The van der Waals surface area contributed by atoms with Gasteiger partial charge in [-0.3, -0.25) is 0 Å². The maximum Gasteiger partial charge on any atom is 0.0701 e. The standard InChI is InChI=1S/C54H38N2/c1-3-13-37(14-4-1)38-23-25-42(26-24-38)52-47-19-9-12-22-50(47)56(54(52)43-16-5-2-6-17-43)45-34-29-40(30-35-45)39-27-32-44(33-28-39)55-49-21-11-10-20-48(49)53-46-18-8-7-15-41(46)31-36-51(53)55/h1-36,52,54H. The zero-order chi connectivity index (χ0) is 37.0. The van der Waals surface area contributed by atoms with E-state index in [1.54, 1.807) is 0 Å². The van der Waals surface area contributed by atoms with Gasteiger partial charge in [-0.05, 0) is 92.2 Å². The van der Waals surface area contributed by atoms with Crippen LogP contribution in [0.25, 0.3) is 60.5 Å². The Balaban J connectivity index is 0.955. The van der Waals surface area contributed by atoms with Crippen LogP contribution in [0.5, 0.6) is 0 Å². The number of aromatic nitrogens is 1. The average Bonchev–Trinajstić information content (AvgIpc) is 3.81. The number of fused-ring (bicyclic) bond motifs is 6. The largest absolute Gasteiger partial charge is 0.333 e. The normalized spacial score (nSPS) is 15.1. The van der Waals surface area contributed by atoms with Gasteiger partial charge in [-0.25, -0.2) is 0 Å². The fourth-order valence-corrected chi connectivity index (χ4v) is 9.24. The lowest BCUT2D eigenvalue weighted by molar-refractivity contribution is 0.658. The highest BCUT2D eigenvalue weighted by Gasteiger charge is 2.41. The van der Waals surface area contributed by atoms with Crippen molar-refractivity contribution >= 4 is 44.0 Å². The van der Waals surface area contributed by atoms with Gasteiger partial charge < -0.3 is 9.47 Å². The summed E-state index contributed by atoms with van der Waals surface area (Å²) in [7, 11) is 0. The second-order valence-corrected chi connectivity index (χ2v) is 14.9. The second-order valence-electron chi connectivity index (χ2n) is 14.9. The lowest BCUT2D eigenvalue weighted by Gasteiger charge is -2.31. The maximum absolute atomic E-state index is 2.55. The maximum atomic E-state index is 2.55. The van der Waals surface area contributed by atoms with E-state index in [1.165, 1.54) is 82.9 Å². The van der Waals surface area contributed by atoms with Crippen LogP contribution in [0.3, 0.4) is 0 Å². The van der Waals surface area contributed by atoms with Gasteiger partial charge in [0.1, 0.15) is 0 Å². The summed E-state index contributed by atoms with van der Waals surface area (Å²) < 4.78 is 2.41. The molecule has 10 aromatic rings. The van der Waals surface area contributed by atoms with Crippen LogP contribution in [0.1, 0.15) is 28.7 Å². The van der Waals surface area contributed by atoms with Gasteiger partial charge in [0.2, 0.25) is 0 Å². The summed E-state index contributed by atoms with van der Waals surface area (Å²) in [5, 5.41) is 5.14. The molecule has 2 atom stereocenters. The molecule has 1 aliphatic heterocycles. The van der Waals surface area contributed by atoms with Gasteiger partial charge in [-0.1, -0.05) is 176 Å². The third-order valence-electron chi connectivity index (χ3n) is 11.8. The molecule has 0 fully saturated rings. The van der Waals surface area contributed by atoms with E-state index >= 15 is 0 Å². The third-order valence-corrected chi connectivity index (χ3v) is 11.8. The molecule has 0 saturated carbocycles. The van der Waals surface area contributed by atoms with E-state index in [0.717, 1.165) is 5.69 Å². The number of rotatable bonds is 6. The van der Waals surface area contributed by atoms with Gasteiger partial charge in [-0.2, -0.15) is 0 Å². The predicted molar refractivity (Wildman–Crippen MR) is 235 cm³/mol. The fraction of sp³-hybridized carbons (Fsp3) is 0.0370. The number of nitrogens with zero attached hydrogens (tertiary/aromatic N) is 2. The molecule has 2 nitrogen and oxygen atoms in total. The summed E-state index contributed by atoms with van der Waals surface area (Å²) in [6, 6.07) is 80.1. The lowest BCUT2D eigenvalue weighted by Crippen LogP contribution is -2.22. The van der Waals surface area contributed by atoms with Crippen LogP contribution in [0.15, 0.2) is 218 Å². The average molecular weight is 715 g/mol. The number of anilines is 2. The lowest BCUT2D eigenvalue weighted by atomic mass is 9.84. The molecule has 2 unspecified atom stereocenters. The number of benzene rings is 9. The highest BCUT2D eigenvalue weighted by molar-refractivity contribution is 6.21. The molecule has 2 heteroatoms. The predicted octanol–water partition coefficient (Wildman–Crippen LogP) is 14.3. The minimum absolute atomic E-state index is 0.102. The molecule has 264 valence electrons. The molecule has 1 aliphatic rings. The van der Waals surface area contributed by atoms with Crippen molar-refractivity contribution in [2.75, 3.05) is 4.90 Å². The van der Waals surface area contributed by atoms with Crippen molar-refractivity contribution < 1.29 is 0 Å². The molecule has 0 radical (unpaired) electrons. The first-order valence-corrected chi connectivity index (χ1v) is 19.5. The van der Waals surface area contributed by atoms with E-state index in [2.05, 4.69) is 228 Å². The van der Waals surface area contributed by atoms with Gasteiger partial charge in [0.15, 0.2) is 0 Å². The first-order chi connectivity index (χ1) is 27.8. The summed E-state index contributed by atoms with van der Waals surface area (Å²) in [6.07, 6.45) is 0. The van der Waals surface area contributed by atoms with E-state index in [0.29, 0.717) is 0 Å². The van der Waals surface area contributed by atoms with Crippen LogP contribution in [0.4, 0.5) is 11.4 Å². The molecule has 0 bridgehead atoms. The molecule has 1 aromatic heterocycles. The molecule has 2 heterocycles. The summed E-state index contributed by atoms with van der Waals surface area (Å²) in [5.41, 5.74) is 14.9. The first kappa shape index (κ1) is 32.3. The molecule has 0 spiro atoms. The Morgan fingerprint density at radius 3 is 1.62 bits per heavy atom. The van der Waals surface area contributed by atoms with Crippen molar-refractivity contribution in [1.29, 1.82) is 0 Å². The molecular formula is C54H38N2. The monoisotopic (exact) mass is 714 g/mol. The summed E-state index contributed by atoms with van der Waals surface area (Å²) >= 11 is 0. The number of hydrogen-bond acceptors (Lipinski definition) is 1. The Bertz CT molecular complexity index is 3000. The van der Waals surface area contributed by atoms with Gasteiger partial charge >= 0.3 is 0 Å².